The van der Waals surface area contributed by atoms with Gasteiger partial charge in [0, 0.05) is 19.5 Å². The van der Waals surface area contributed by atoms with Crippen molar-refractivity contribution >= 4 is 11.8 Å². The summed E-state index contributed by atoms with van der Waals surface area (Å²) in [4.78, 5) is 29.9. The van der Waals surface area contributed by atoms with Crippen LogP contribution in [0.4, 0.5) is 0 Å². The minimum absolute atomic E-state index is 0.0450. The maximum absolute atomic E-state index is 13.6. The fourth-order valence-corrected chi connectivity index (χ4v) is 5.13. The Morgan fingerprint density at radius 2 is 1.72 bits per heavy atom. The highest BCUT2D eigenvalue weighted by molar-refractivity contribution is 5.80. The normalized spacial score (nSPS) is 24.1. The van der Waals surface area contributed by atoms with Gasteiger partial charge in [0.05, 0.1) is 18.5 Å². The Bertz CT molecular complexity index is 879. The van der Waals surface area contributed by atoms with E-state index in [4.69, 9.17) is 0 Å². The summed E-state index contributed by atoms with van der Waals surface area (Å²) in [5.41, 5.74) is 3.59. The third kappa shape index (κ3) is 3.93. The maximum Gasteiger partial charge on any atom is 0.225 e. The molecule has 2 aromatic rings. The summed E-state index contributed by atoms with van der Waals surface area (Å²) >= 11 is 0. The molecule has 0 radical (unpaired) electrons. The zero-order valence-corrected chi connectivity index (χ0v) is 17.4. The van der Waals surface area contributed by atoms with Crippen LogP contribution in [0.3, 0.4) is 0 Å². The van der Waals surface area contributed by atoms with Crippen molar-refractivity contribution in [1.82, 2.24) is 9.80 Å². The average Bonchev–Trinajstić information content (AvgIpc) is 2.74. The second-order valence-electron chi connectivity index (χ2n) is 8.39. The molecule has 4 rings (SSSR count). The standard InChI is InChI=1S/C25H30N2O2/c1-18-9-8-14-23(21-11-4-3-5-12-21)27(18)25(29)17-24-22-13-7-6-10-20(22)15-16-26(24)19(2)28/h3-7,10-13,18,23-24H,8-9,14-17H2,1-2H3/t18-,23+,24-/m0/s1. The second kappa shape index (κ2) is 8.40. The fraction of sp³-hybridized carbons (Fsp3) is 0.440. The van der Waals surface area contributed by atoms with Gasteiger partial charge in [0.1, 0.15) is 0 Å². The zero-order valence-electron chi connectivity index (χ0n) is 17.4. The summed E-state index contributed by atoms with van der Waals surface area (Å²) in [6.07, 6.45) is 4.37. The molecule has 0 aliphatic carbocycles. The van der Waals surface area contributed by atoms with E-state index in [1.54, 1.807) is 6.92 Å². The lowest BCUT2D eigenvalue weighted by Gasteiger charge is -2.43. The van der Waals surface area contributed by atoms with Gasteiger partial charge in [0.25, 0.3) is 0 Å². The Kier molecular flexibility index (Phi) is 5.70. The van der Waals surface area contributed by atoms with Crippen molar-refractivity contribution in [3.8, 4) is 0 Å². The van der Waals surface area contributed by atoms with E-state index in [1.165, 1.54) is 11.1 Å². The topological polar surface area (TPSA) is 40.6 Å². The number of nitrogens with zero attached hydrogens (tertiary/aromatic N) is 2. The number of benzene rings is 2. The molecule has 0 saturated carbocycles. The predicted octanol–water partition coefficient (Wildman–Crippen LogP) is 4.66. The summed E-state index contributed by atoms with van der Waals surface area (Å²) in [6, 6.07) is 18.8. The third-order valence-electron chi connectivity index (χ3n) is 6.57. The maximum atomic E-state index is 13.6. The van der Waals surface area contributed by atoms with Crippen molar-refractivity contribution in [2.24, 2.45) is 0 Å². The number of rotatable bonds is 3. The molecule has 0 bridgehead atoms. The first-order valence-corrected chi connectivity index (χ1v) is 10.8. The van der Waals surface area contributed by atoms with Gasteiger partial charge >= 0.3 is 0 Å². The molecule has 2 amide bonds. The van der Waals surface area contributed by atoms with Gasteiger partial charge in [-0.05, 0) is 49.3 Å². The molecule has 2 heterocycles. The number of likely N-dealkylation sites (tertiary alicyclic amines) is 1. The van der Waals surface area contributed by atoms with Gasteiger partial charge in [0.15, 0.2) is 0 Å². The molecule has 4 heteroatoms. The summed E-state index contributed by atoms with van der Waals surface area (Å²) in [5.74, 6) is 0.197. The first kappa shape index (κ1) is 19.7. The highest BCUT2D eigenvalue weighted by Crippen LogP contribution is 2.38. The number of fused-ring (bicyclic) bond motifs is 1. The van der Waals surface area contributed by atoms with Crippen LogP contribution in [0, 0.1) is 0 Å². The molecule has 0 aromatic heterocycles. The predicted molar refractivity (Wildman–Crippen MR) is 114 cm³/mol. The first-order valence-electron chi connectivity index (χ1n) is 10.8. The minimum atomic E-state index is -0.171. The molecule has 0 spiro atoms. The van der Waals surface area contributed by atoms with Crippen molar-refractivity contribution in [1.29, 1.82) is 0 Å². The lowest BCUT2D eigenvalue weighted by molar-refractivity contribution is -0.141. The van der Waals surface area contributed by atoms with E-state index >= 15 is 0 Å². The molecule has 2 aliphatic heterocycles. The zero-order chi connectivity index (χ0) is 20.4. The SMILES string of the molecule is CC(=O)N1CCc2ccccc2[C@@H]1CC(=O)N1[C@@H](c2ccccc2)CCC[C@@H]1C. The molecular weight excluding hydrogens is 360 g/mol. The number of hydrogen-bond donors (Lipinski definition) is 0. The largest absolute Gasteiger partial charge is 0.335 e. The monoisotopic (exact) mass is 390 g/mol. The summed E-state index contributed by atoms with van der Waals surface area (Å²) in [5, 5.41) is 0. The molecule has 4 nitrogen and oxygen atoms in total. The summed E-state index contributed by atoms with van der Waals surface area (Å²) < 4.78 is 0. The third-order valence-corrected chi connectivity index (χ3v) is 6.57. The molecule has 3 atom stereocenters. The Morgan fingerprint density at radius 3 is 2.48 bits per heavy atom. The number of carbonyl (C=O) groups is 2. The quantitative estimate of drug-likeness (QED) is 0.764. The Morgan fingerprint density at radius 1 is 1.00 bits per heavy atom. The van der Waals surface area contributed by atoms with Gasteiger partial charge in [-0.3, -0.25) is 9.59 Å². The van der Waals surface area contributed by atoms with Crippen LogP contribution in [-0.4, -0.2) is 34.2 Å². The van der Waals surface area contributed by atoms with Gasteiger partial charge in [0.2, 0.25) is 11.8 Å². The van der Waals surface area contributed by atoms with Crippen molar-refractivity contribution in [3.63, 3.8) is 0 Å². The molecule has 2 aromatic carbocycles. The molecule has 1 saturated heterocycles. The lowest BCUT2D eigenvalue weighted by atomic mass is 9.88. The fourth-order valence-electron chi connectivity index (χ4n) is 5.13. The van der Waals surface area contributed by atoms with E-state index in [-0.39, 0.29) is 29.9 Å². The number of piperidine rings is 1. The van der Waals surface area contributed by atoms with Crippen LogP contribution in [0.15, 0.2) is 54.6 Å². The number of amides is 2. The first-order chi connectivity index (χ1) is 14.1. The van der Waals surface area contributed by atoms with Crippen molar-refractivity contribution in [2.45, 2.75) is 64.1 Å². The van der Waals surface area contributed by atoms with Gasteiger partial charge in [-0.1, -0.05) is 54.6 Å². The summed E-state index contributed by atoms with van der Waals surface area (Å²) in [6.45, 7) is 4.45. The molecular formula is C25H30N2O2. The van der Waals surface area contributed by atoms with Crippen molar-refractivity contribution in [2.75, 3.05) is 6.54 Å². The molecule has 152 valence electrons. The Hall–Kier alpha value is -2.62. The molecule has 0 N–H and O–H groups in total. The van der Waals surface area contributed by atoms with Gasteiger partial charge in [-0.15, -0.1) is 0 Å². The molecule has 1 fully saturated rings. The van der Waals surface area contributed by atoms with E-state index in [0.717, 1.165) is 31.2 Å². The van der Waals surface area contributed by atoms with Crippen LogP contribution >= 0.6 is 0 Å². The number of hydrogen-bond acceptors (Lipinski definition) is 2. The van der Waals surface area contributed by atoms with Gasteiger partial charge in [-0.2, -0.15) is 0 Å². The Labute approximate surface area is 173 Å². The lowest BCUT2D eigenvalue weighted by Crippen LogP contribution is -2.47. The smallest absolute Gasteiger partial charge is 0.225 e. The molecule has 0 unspecified atom stereocenters. The van der Waals surface area contributed by atoms with Crippen LogP contribution in [-0.2, 0) is 16.0 Å². The van der Waals surface area contributed by atoms with Crippen LogP contribution in [0.25, 0.3) is 0 Å². The summed E-state index contributed by atoms with van der Waals surface area (Å²) in [7, 11) is 0. The van der Waals surface area contributed by atoms with Gasteiger partial charge < -0.3 is 9.80 Å². The van der Waals surface area contributed by atoms with Crippen molar-refractivity contribution in [3.05, 3.63) is 71.3 Å². The average molecular weight is 391 g/mol. The van der Waals surface area contributed by atoms with E-state index in [2.05, 4.69) is 36.1 Å². The highest BCUT2D eigenvalue weighted by atomic mass is 16.2. The van der Waals surface area contributed by atoms with Crippen LogP contribution in [0.5, 0.6) is 0 Å². The number of carbonyl (C=O) groups excluding carboxylic acids is 2. The van der Waals surface area contributed by atoms with E-state index in [9.17, 15) is 9.59 Å². The van der Waals surface area contributed by atoms with E-state index in [1.807, 2.05) is 35.2 Å². The van der Waals surface area contributed by atoms with E-state index < -0.39 is 0 Å². The highest BCUT2D eigenvalue weighted by Gasteiger charge is 2.37. The van der Waals surface area contributed by atoms with E-state index in [0.29, 0.717) is 13.0 Å². The van der Waals surface area contributed by atoms with Crippen molar-refractivity contribution < 1.29 is 9.59 Å². The van der Waals surface area contributed by atoms with Crippen LogP contribution in [0.1, 0.15) is 68.3 Å². The minimum Gasteiger partial charge on any atom is -0.335 e. The Balaban J connectivity index is 1.63. The second-order valence-corrected chi connectivity index (χ2v) is 8.39. The molecule has 2 aliphatic rings. The van der Waals surface area contributed by atoms with Gasteiger partial charge in [-0.25, -0.2) is 0 Å². The van der Waals surface area contributed by atoms with Crippen LogP contribution < -0.4 is 0 Å². The van der Waals surface area contributed by atoms with Crippen LogP contribution in [0.2, 0.25) is 0 Å². The molecule has 29 heavy (non-hydrogen) atoms.